The number of rotatable bonds is 9. The Kier molecular flexibility index (Phi) is 9.49. The molecule has 0 unspecified atom stereocenters. The van der Waals surface area contributed by atoms with Gasteiger partial charge in [-0.1, -0.05) is 24.3 Å². The highest BCUT2D eigenvalue weighted by Gasteiger charge is 2.35. The Morgan fingerprint density at radius 2 is 1.68 bits per heavy atom. The first-order chi connectivity index (χ1) is 22.4. The molecule has 2 aliphatic carbocycles. The molecule has 0 bridgehead atoms. The van der Waals surface area contributed by atoms with Crippen LogP contribution in [0, 0.1) is 18.8 Å². The average molecular weight is 655 g/mol. The molecule has 7 rings (SSSR count). The highest BCUT2D eigenvalue weighted by atomic mass is 35.5. The number of H-pyrrole nitrogens is 1. The van der Waals surface area contributed by atoms with E-state index in [0.29, 0.717) is 42.7 Å². The minimum absolute atomic E-state index is 0. The van der Waals surface area contributed by atoms with Crippen molar-refractivity contribution in [2.75, 3.05) is 11.4 Å². The van der Waals surface area contributed by atoms with Gasteiger partial charge in [-0.3, -0.25) is 9.59 Å². The molecule has 0 spiro atoms. The number of benzene rings is 3. The highest BCUT2D eigenvalue weighted by Crippen LogP contribution is 2.41. The van der Waals surface area contributed by atoms with Gasteiger partial charge in [0, 0.05) is 17.4 Å². The number of nitrogens with one attached hydrogen (secondary N) is 1. The maximum atomic E-state index is 14.0. The molecule has 0 radical (unpaired) electrons. The third-order valence-corrected chi connectivity index (χ3v) is 9.43. The van der Waals surface area contributed by atoms with Crippen LogP contribution < -0.4 is 16.4 Å². The lowest BCUT2D eigenvalue weighted by Gasteiger charge is -2.32. The lowest BCUT2D eigenvalue weighted by Crippen LogP contribution is -2.50. The van der Waals surface area contributed by atoms with Gasteiger partial charge in [0.1, 0.15) is 5.52 Å². The van der Waals surface area contributed by atoms with Crippen molar-refractivity contribution in [2.45, 2.75) is 63.8 Å². The predicted molar refractivity (Wildman–Crippen MR) is 182 cm³/mol. The van der Waals surface area contributed by atoms with E-state index in [4.69, 9.17) is 20.9 Å². The van der Waals surface area contributed by atoms with E-state index in [2.05, 4.69) is 39.7 Å². The second-order valence-electron chi connectivity index (χ2n) is 12.7. The number of hydrogen-bond acceptors (Lipinski definition) is 9. The second kappa shape index (κ2) is 13.7. The van der Waals surface area contributed by atoms with Crippen molar-refractivity contribution in [3.05, 3.63) is 77.7 Å². The fourth-order valence-corrected chi connectivity index (χ4v) is 6.48. The molecule has 1 atom stereocenters. The molecule has 2 aliphatic rings. The summed E-state index contributed by atoms with van der Waals surface area (Å²) in [5.41, 5.74) is 19.5. The van der Waals surface area contributed by atoms with Crippen LogP contribution in [0.5, 0.6) is 0 Å². The molecule has 2 aromatic heterocycles. The first kappa shape index (κ1) is 32.5. The number of amides is 2. The zero-order chi connectivity index (χ0) is 31.8. The number of carbonyl (C=O) groups excluding carboxylic acids is 2. The second-order valence-corrected chi connectivity index (χ2v) is 12.7. The molecule has 2 amide bonds. The van der Waals surface area contributed by atoms with E-state index in [1.54, 1.807) is 24.3 Å². The summed E-state index contributed by atoms with van der Waals surface area (Å²) in [5.74, 6) is 1.29. The lowest BCUT2D eigenvalue weighted by atomic mass is 9.81. The number of hydrogen-bond donors (Lipinski definition) is 3. The number of nitrogens with two attached hydrogens (primary N) is 2. The summed E-state index contributed by atoms with van der Waals surface area (Å²) in [6.45, 7) is 2.68. The smallest absolute Gasteiger partial charge is 0.251 e. The standard InChI is InChI=1S/C35H38N8O3.ClH/c1-20-16-31-30(38-33(46-31)25-10-11-25)18-28(20)23-6-2-21(3-7-23)17-29(37)35(45)43(34(44)26-8-4-22(19-36)5-9-26)27-14-12-24(13-15-27)32-39-41-42-40-32;/h2-3,6-7,12-16,18,22,25-26,29H,4-5,8-11,17,19,36-37H2,1H3,(H,39,40,41,42);1H/t22-,26-,29-;/m0./s1. The van der Waals surface area contributed by atoms with E-state index in [0.717, 1.165) is 70.5 Å². The summed E-state index contributed by atoms with van der Waals surface area (Å²) in [6, 6.07) is 18.3. The van der Waals surface area contributed by atoms with E-state index in [-0.39, 0.29) is 30.7 Å². The summed E-state index contributed by atoms with van der Waals surface area (Å²) < 4.78 is 5.99. The number of tetrazole rings is 1. The molecule has 244 valence electrons. The molecule has 2 fully saturated rings. The van der Waals surface area contributed by atoms with Gasteiger partial charge >= 0.3 is 0 Å². The largest absolute Gasteiger partial charge is 0.440 e. The summed E-state index contributed by atoms with van der Waals surface area (Å²) in [6.07, 6.45) is 5.71. The third-order valence-electron chi connectivity index (χ3n) is 9.43. The number of aromatic nitrogens is 5. The highest BCUT2D eigenvalue weighted by molar-refractivity contribution is 6.17. The van der Waals surface area contributed by atoms with Gasteiger partial charge in [0.2, 0.25) is 5.91 Å². The molecule has 5 N–H and O–H groups in total. The van der Waals surface area contributed by atoms with Gasteiger partial charge in [0.05, 0.1) is 11.7 Å². The number of aromatic amines is 1. The predicted octanol–water partition coefficient (Wildman–Crippen LogP) is 5.48. The normalized spacial score (nSPS) is 18.4. The molecule has 2 saturated carbocycles. The number of aryl methyl sites for hydroxylation is 1. The van der Waals surface area contributed by atoms with Crippen molar-refractivity contribution in [1.29, 1.82) is 0 Å². The fourth-order valence-electron chi connectivity index (χ4n) is 6.48. The van der Waals surface area contributed by atoms with E-state index in [9.17, 15) is 9.59 Å². The van der Waals surface area contributed by atoms with Crippen molar-refractivity contribution in [2.24, 2.45) is 23.3 Å². The van der Waals surface area contributed by atoms with Crippen LogP contribution in [0.2, 0.25) is 0 Å². The van der Waals surface area contributed by atoms with Crippen LogP contribution >= 0.6 is 12.4 Å². The monoisotopic (exact) mass is 654 g/mol. The Labute approximate surface area is 278 Å². The lowest BCUT2D eigenvalue weighted by molar-refractivity contribution is -0.130. The van der Waals surface area contributed by atoms with Crippen molar-refractivity contribution in [3.8, 4) is 22.5 Å². The first-order valence-corrected chi connectivity index (χ1v) is 16.1. The van der Waals surface area contributed by atoms with Gasteiger partial charge in [-0.2, -0.15) is 0 Å². The Balaban J connectivity index is 0.00000386. The molecule has 2 heterocycles. The molecule has 5 aromatic rings. The minimum atomic E-state index is -0.914. The third kappa shape index (κ3) is 6.83. The van der Waals surface area contributed by atoms with Gasteiger partial charge in [-0.15, -0.1) is 17.5 Å². The fraction of sp³-hybridized carbons (Fsp3) is 0.371. The average Bonchev–Trinajstić information content (AvgIpc) is 3.62. The summed E-state index contributed by atoms with van der Waals surface area (Å²) >= 11 is 0. The zero-order valence-electron chi connectivity index (χ0n) is 26.3. The molecule has 11 nitrogen and oxygen atoms in total. The van der Waals surface area contributed by atoms with Gasteiger partial charge in [-0.05, 0) is 133 Å². The van der Waals surface area contributed by atoms with Crippen molar-refractivity contribution >= 4 is 41.0 Å². The van der Waals surface area contributed by atoms with Gasteiger partial charge in [0.25, 0.3) is 5.91 Å². The Morgan fingerprint density at radius 3 is 2.32 bits per heavy atom. The van der Waals surface area contributed by atoms with Crippen LogP contribution in [0.3, 0.4) is 0 Å². The van der Waals surface area contributed by atoms with Crippen molar-refractivity contribution in [3.63, 3.8) is 0 Å². The van der Waals surface area contributed by atoms with Crippen LogP contribution in [-0.4, -0.2) is 50.0 Å². The van der Waals surface area contributed by atoms with Gasteiger partial charge in [0.15, 0.2) is 17.3 Å². The number of imide groups is 1. The Bertz CT molecular complexity index is 1840. The van der Waals surface area contributed by atoms with E-state index in [1.807, 2.05) is 24.3 Å². The van der Waals surface area contributed by atoms with Crippen molar-refractivity contribution in [1.82, 2.24) is 25.6 Å². The van der Waals surface area contributed by atoms with Crippen LogP contribution in [0.1, 0.15) is 61.5 Å². The number of nitrogens with zero attached hydrogens (tertiary/aromatic N) is 5. The van der Waals surface area contributed by atoms with Crippen LogP contribution in [0.15, 0.2) is 65.1 Å². The molecule has 0 saturated heterocycles. The summed E-state index contributed by atoms with van der Waals surface area (Å²) in [7, 11) is 0. The van der Waals surface area contributed by atoms with Gasteiger partial charge in [-0.25, -0.2) is 15.0 Å². The van der Waals surface area contributed by atoms with E-state index < -0.39 is 11.9 Å². The minimum Gasteiger partial charge on any atom is -0.440 e. The summed E-state index contributed by atoms with van der Waals surface area (Å²) in [5, 5.41) is 13.9. The Morgan fingerprint density at radius 1 is 0.979 bits per heavy atom. The maximum Gasteiger partial charge on any atom is 0.251 e. The molecule has 0 aliphatic heterocycles. The van der Waals surface area contributed by atoms with E-state index in [1.165, 1.54) is 4.90 Å². The SMILES string of the molecule is Cc1cc2oc(C3CC3)nc2cc1-c1ccc(C[C@H](N)C(=O)N(c2ccc(-c3nnn[nH]3)cc2)C(=O)[C@H]2CC[C@H](CN)CC2)cc1.Cl. The quantitative estimate of drug-likeness (QED) is 0.186. The summed E-state index contributed by atoms with van der Waals surface area (Å²) in [4.78, 5) is 33.9. The number of oxazole rings is 1. The van der Waals surface area contributed by atoms with Crippen LogP contribution in [-0.2, 0) is 16.0 Å². The topological polar surface area (TPSA) is 170 Å². The number of carbonyl (C=O) groups is 2. The number of anilines is 1. The zero-order valence-corrected chi connectivity index (χ0v) is 27.1. The maximum absolute atomic E-state index is 14.0. The molecular formula is C35H39ClN8O3. The molecular weight excluding hydrogens is 616 g/mol. The van der Waals surface area contributed by atoms with E-state index >= 15 is 0 Å². The van der Waals surface area contributed by atoms with Crippen molar-refractivity contribution < 1.29 is 14.0 Å². The van der Waals surface area contributed by atoms with Crippen LogP contribution in [0.4, 0.5) is 5.69 Å². The number of fused-ring (bicyclic) bond motifs is 1. The van der Waals surface area contributed by atoms with Crippen LogP contribution in [0.25, 0.3) is 33.6 Å². The number of halogens is 1. The Hall–Kier alpha value is -4.45. The molecule has 47 heavy (non-hydrogen) atoms. The van der Waals surface area contributed by atoms with Gasteiger partial charge < -0.3 is 15.9 Å². The first-order valence-electron chi connectivity index (χ1n) is 16.1. The molecule has 3 aromatic carbocycles. The molecule has 12 heteroatoms.